The molecule has 4 rings (SSSR count). The Bertz CT molecular complexity index is 1150. The van der Waals surface area contributed by atoms with Crippen molar-refractivity contribution in [3.05, 3.63) is 105 Å². The minimum absolute atomic E-state index is 0.0310. The van der Waals surface area contributed by atoms with Gasteiger partial charge in [-0.2, -0.15) is 0 Å². The van der Waals surface area contributed by atoms with Crippen molar-refractivity contribution in [2.75, 3.05) is 13.1 Å². The third-order valence-corrected chi connectivity index (χ3v) is 6.73. The average molecular weight is 529 g/mol. The molecule has 3 aromatic carbocycles. The fourth-order valence-electron chi connectivity index (χ4n) is 4.70. The molecule has 7 heteroatoms. The number of amides is 1. The number of likely N-dealkylation sites (tertiary alicyclic amines) is 1. The van der Waals surface area contributed by atoms with E-state index in [-0.39, 0.29) is 23.9 Å². The van der Waals surface area contributed by atoms with Crippen molar-refractivity contribution < 1.29 is 13.9 Å². The fourth-order valence-corrected chi connectivity index (χ4v) is 5.13. The molecule has 1 fully saturated rings. The molecule has 1 amide bonds. The molecule has 0 aromatic heterocycles. The summed E-state index contributed by atoms with van der Waals surface area (Å²) in [6, 6.07) is 22.1. The molecule has 1 heterocycles. The SMILES string of the molecule is CC(C)(C)OC(=O)N1C[C@H](c2ccc(F)cc2)[C@H](N(Cc2cccc(Cl)c2)Cc2cccc(Cl)c2)C1. The number of carbonyl (C=O) groups excluding carboxylic acids is 1. The van der Waals surface area contributed by atoms with Crippen molar-refractivity contribution in [1.82, 2.24) is 9.80 Å². The van der Waals surface area contributed by atoms with Gasteiger partial charge in [-0.05, 0) is 73.9 Å². The van der Waals surface area contributed by atoms with Gasteiger partial charge in [0.2, 0.25) is 0 Å². The zero-order valence-corrected chi connectivity index (χ0v) is 22.3. The van der Waals surface area contributed by atoms with Gasteiger partial charge < -0.3 is 9.64 Å². The van der Waals surface area contributed by atoms with Crippen molar-refractivity contribution in [2.24, 2.45) is 0 Å². The number of carbonyl (C=O) groups is 1. The molecule has 1 aliphatic heterocycles. The Morgan fingerprint density at radius 2 is 1.50 bits per heavy atom. The van der Waals surface area contributed by atoms with E-state index in [9.17, 15) is 9.18 Å². The molecule has 0 radical (unpaired) electrons. The summed E-state index contributed by atoms with van der Waals surface area (Å²) in [5.41, 5.74) is 2.52. The lowest BCUT2D eigenvalue weighted by atomic mass is 9.92. The van der Waals surface area contributed by atoms with E-state index < -0.39 is 5.60 Å². The summed E-state index contributed by atoms with van der Waals surface area (Å²) in [6.45, 7) is 7.79. The van der Waals surface area contributed by atoms with Gasteiger partial charge in [0.25, 0.3) is 0 Å². The Kier molecular flexibility index (Phi) is 8.23. The molecule has 0 saturated carbocycles. The average Bonchev–Trinajstić information content (AvgIpc) is 3.24. The van der Waals surface area contributed by atoms with Crippen LogP contribution in [0.5, 0.6) is 0 Å². The quantitative estimate of drug-likeness (QED) is 0.331. The topological polar surface area (TPSA) is 32.8 Å². The van der Waals surface area contributed by atoms with Gasteiger partial charge in [-0.3, -0.25) is 4.90 Å². The van der Waals surface area contributed by atoms with E-state index in [4.69, 9.17) is 27.9 Å². The van der Waals surface area contributed by atoms with Crippen LogP contribution in [0.15, 0.2) is 72.8 Å². The number of hydrogen-bond donors (Lipinski definition) is 0. The zero-order chi connectivity index (χ0) is 25.9. The van der Waals surface area contributed by atoms with E-state index in [1.807, 2.05) is 81.4 Å². The lowest BCUT2D eigenvalue weighted by Gasteiger charge is -2.33. The second kappa shape index (κ2) is 11.2. The second-order valence-electron chi connectivity index (χ2n) is 10.3. The molecule has 1 saturated heterocycles. The van der Waals surface area contributed by atoms with Gasteiger partial charge in [0.05, 0.1) is 0 Å². The first-order chi connectivity index (χ1) is 17.1. The molecule has 0 spiro atoms. The van der Waals surface area contributed by atoms with Crippen LogP contribution < -0.4 is 0 Å². The minimum Gasteiger partial charge on any atom is -0.444 e. The van der Waals surface area contributed by atoms with Gasteiger partial charge in [-0.1, -0.05) is 59.6 Å². The molecule has 4 nitrogen and oxygen atoms in total. The molecule has 3 aromatic rings. The molecule has 2 atom stereocenters. The highest BCUT2D eigenvalue weighted by molar-refractivity contribution is 6.30. The third-order valence-electron chi connectivity index (χ3n) is 6.26. The summed E-state index contributed by atoms with van der Waals surface area (Å²) in [7, 11) is 0. The highest BCUT2D eigenvalue weighted by atomic mass is 35.5. The summed E-state index contributed by atoms with van der Waals surface area (Å²) in [4.78, 5) is 17.2. The van der Waals surface area contributed by atoms with E-state index in [2.05, 4.69) is 4.90 Å². The van der Waals surface area contributed by atoms with Crippen LogP contribution in [0.4, 0.5) is 9.18 Å². The molecular weight excluding hydrogens is 498 g/mol. The first-order valence-corrected chi connectivity index (χ1v) is 12.8. The summed E-state index contributed by atoms with van der Waals surface area (Å²) in [5.74, 6) is -0.316. The highest BCUT2D eigenvalue weighted by Crippen LogP contribution is 2.34. The lowest BCUT2D eigenvalue weighted by Crippen LogP contribution is -2.41. The van der Waals surface area contributed by atoms with Crippen LogP contribution in [0, 0.1) is 5.82 Å². The Hall–Kier alpha value is -2.60. The largest absolute Gasteiger partial charge is 0.444 e. The maximum atomic E-state index is 13.8. The summed E-state index contributed by atoms with van der Waals surface area (Å²) >= 11 is 12.6. The van der Waals surface area contributed by atoms with Gasteiger partial charge >= 0.3 is 6.09 Å². The summed E-state index contributed by atoms with van der Waals surface area (Å²) in [5, 5.41) is 1.35. The van der Waals surface area contributed by atoms with E-state index in [0.717, 1.165) is 16.7 Å². The predicted molar refractivity (Wildman–Crippen MR) is 143 cm³/mol. The first-order valence-electron chi connectivity index (χ1n) is 12.0. The Labute approximate surface area is 222 Å². The predicted octanol–water partition coefficient (Wildman–Crippen LogP) is 7.54. The molecule has 0 unspecified atom stereocenters. The molecule has 0 bridgehead atoms. The third kappa shape index (κ3) is 7.00. The van der Waals surface area contributed by atoms with E-state index in [1.54, 1.807) is 4.90 Å². The fraction of sp³-hybridized carbons (Fsp3) is 0.345. The lowest BCUT2D eigenvalue weighted by molar-refractivity contribution is 0.0277. The van der Waals surface area contributed by atoms with Gasteiger partial charge in [0.15, 0.2) is 0 Å². The van der Waals surface area contributed by atoms with Gasteiger partial charge in [0.1, 0.15) is 11.4 Å². The number of benzene rings is 3. The smallest absolute Gasteiger partial charge is 0.410 e. The van der Waals surface area contributed by atoms with Crippen LogP contribution >= 0.6 is 23.2 Å². The number of rotatable bonds is 6. The Balaban J connectivity index is 1.70. The first kappa shape index (κ1) is 26.5. The molecule has 0 N–H and O–H groups in total. The number of nitrogens with zero attached hydrogens (tertiary/aromatic N) is 2. The maximum absolute atomic E-state index is 13.8. The van der Waals surface area contributed by atoms with Crippen LogP contribution in [0.3, 0.4) is 0 Å². The van der Waals surface area contributed by atoms with Crippen LogP contribution in [-0.2, 0) is 17.8 Å². The van der Waals surface area contributed by atoms with Gasteiger partial charge in [-0.15, -0.1) is 0 Å². The van der Waals surface area contributed by atoms with Crippen molar-refractivity contribution in [3.63, 3.8) is 0 Å². The van der Waals surface area contributed by atoms with Crippen LogP contribution in [-0.4, -0.2) is 40.6 Å². The maximum Gasteiger partial charge on any atom is 0.410 e. The Morgan fingerprint density at radius 3 is 2.00 bits per heavy atom. The van der Waals surface area contributed by atoms with Crippen molar-refractivity contribution >= 4 is 29.3 Å². The zero-order valence-electron chi connectivity index (χ0n) is 20.8. The van der Waals surface area contributed by atoms with E-state index in [1.165, 1.54) is 12.1 Å². The highest BCUT2D eigenvalue weighted by Gasteiger charge is 2.41. The molecular formula is C29H31Cl2FN2O2. The van der Waals surface area contributed by atoms with Crippen LogP contribution in [0.1, 0.15) is 43.4 Å². The van der Waals surface area contributed by atoms with E-state index in [0.29, 0.717) is 36.2 Å². The number of ether oxygens (including phenoxy) is 1. The van der Waals surface area contributed by atoms with E-state index >= 15 is 0 Å². The van der Waals surface area contributed by atoms with Gasteiger partial charge in [-0.25, -0.2) is 9.18 Å². The summed E-state index contributed by atoms with van der Waals surface area (Å²) < 4.78 is 19.4. The van der Waals surface area contributed by atoms with Crippen LogP contribution in [0.2, 0.25) is 10.0 Å². The Morgan fingerprint density at radius 1 is 0.944 bits per heavy atom. The molecule has 1 aliphatic rings. The van der Waals surface area contributed by atoms with Gasteiger partial charge in [0, 0.05) is 48.2 Å². The minimum atomic E-state index is -0.595. The van der Waals surface area contributed by atoms with Crippen LogP contribution in [0.25, 0.3) is 0 Å². The standard InChI is InChI=1S/C29H31Cl2FN2O2/c1-29(2,3)36-28(35)34-18-26(22-10-12-25(32)13-11-22)27(19-34)33(16-20-6-4-8-23(30)14-20)17-21-7-5-9-24(31)15-21/h4-15,26-27H,16-19H2,1-3H3/t26-,27-/m1/s1. The normalized spacial score (nSPS) is 18.0. The number of hydrogen-bond acceptors (Lipinski definition) is 3. The number of halogens is 3. The second-order valence-corrected chi connectivity index (χ2v) is 11.1. The monoisotopic (exact) mass is 528 g/mol. The summed E-state index contributed by atoms with van der Waals surface area (Å²) in [6.07, 6.45) is -0.345. The molecule has 190 valence electrons. The molecule has 36 heavy (non-hydrogen) atoms. The van der Waals surface area contributed by atoms with Crippen molar-refractivity contribution in [2.45, 2.75) is 51.4 Å². The van der Waals surface area contributed by atoms with Crippen molar-refractivity contribution in [1.29, 1.82) is 0 Å². The van der Waals surface area contributed by atoms with Crippen molar-refractivity contribution in [3.8, 4) is 0 Å². The molecule has 0 aliphatic carbocycles.